The van der Waals surface area contributed by atoms with Crippen molar-refractivity contribution in [3.8, 4) is 0 Å². The molecule has 9 heteroatoms. The van der Waals surface area contributed by atoms with Crippen molar-refractivity contribution in [2.24, 2.45) is 0 Å². The Morgan fingerprint density at radius 3 is 0.900 bits per heavy atom. The van der Waals surface area contributed by atoms with E-state index in [1.54, 1.807) is 42.7 Å². The van der Waals surface area contributed by atoms with Crippen LogP contribution in [0.5, 0.6) is 0 Å². The largest absolute Gasteiger partial charge is 0.360 e. The summed E-state index contributed by atoms with van der Waals surface area (Å²) in [6, 6.07) is 0. The maximum absolute atomic E-state index is 5.41. The number of hydrogen-bond acceptors (Lipinski definition) is 6. The van der Waals surface area contributed by atoms with E-state index in [-0.39, 0.29) is 22.0 Å². The third kappa shape index (κ3) is 7.43. The maximum Gasteiger partial charge on any atom is 0.134 e. The van der Waals surface area contributed by atoms with Crippen molar-refractivity contribution in [3.05, 3.63) is 0 Å². The Bertz CT molecular complexity index is 198. The topological polar surface area (TPSA) is 55.4 Å². The summed E-state index contributed by atoms with van der Waals surface area (Å²) in [5, 5.41) is 0. The lowest BCUT2D eigenvalue weighted by Gasteiger charge is -2.35. The van der Waals surface area contributed by atoms with Crippen LogP contribution in [0.4, 0.5) is 0 Å². The van der Waals surface area contributed by atoms with E-state index in [4.69, 9.17) is 28.4 Å². The van der Waals surface area contributed by atoms with E-state index in [2.05, 4.69) is 6.92 Å². The van der Waals surface area contributed by atoms with E-state index in [0.717, 1.165) is 0 Å². The lowest BCUT2D eigenvalue weighted by atomic mass is 10.9. The molecule has 0 heterocycles. The molecule has 0 unspecified atom stereocenters. The molecule has 6 nitrogen and oxygen atoms in total. The average molecular weight is 343 g/mol. The second-order valence-electron chi connectivity index (χ2n) is 5.13. The van der Waals surface area contributed by atoms with Crippen molar-refractivity contribution in [1.82, 2.24) is 0 Å². The SMILES string of the molecule is COC(OC)[SiH2]C(C)([SiH2]C(OC)OC)[SiH2]C(OC)OC. The van der Waals surface area contributed by atoms with Gasteiger partial charge in [0.1, 0.15) is 17.7 Å². The monoisotopic (exact) mass is 342 g/mol. The van der Waals surface area contributed by atoms with Crippen molar-refractivity contribution < 1.29 is 28.4 Å². The lowest BCUT2D eigenvalue weighted by Crippen LogP contribution is -2.47. The Labute approximate surface area is 129 Å². The molecule has 0 rings (SSSR count). The van der Waals surface area contributed by atoms with Gasteiger partial charge in [-0.15, -0.1) is 0 Å². The average Bonchev–Trinajstić information content (AvgIpc) is 2.48. The van der Waals surface area contributed by atoms with Crippen LogP contribution in [-0.2, 0) is 28.4 Å². The van der Waals surface area contributed by atoms with Crippen molar-refractivity contribution >= 4 is 28.6 Å². The van der Waals surface area contributed by atoms with E-state index in [1.165, 1.54) is 0 Å². The molecule has 20 heavy (non-hydrogen) atoms. The van der Waals surface area contributed by atoms with Gasteiger partial charge in [-0.2, -0.15) is 0 Å². The highest BCUT2D eigenvalue weighted by molar-refractivity contribution is 6.80. The third-order valence-corrected chi connectivity index (χ3v) is 14.7. The number of hydrogen-bond donors (Lipinski definition) is 0. The van der Waals surface area contributed by atoms with E-state index in [1.807, 2.05) is 0 Å². The molecule has 0 aromatic carbocycles. The quantitative estimate of drug-likeness (QED) is 0.312. The van der Waals surface area contributed by atoms with Gasteiger partial charge in [-0.25, -0.2) is 0 Å². The van der Waals surface area contributed by atoms with Gasteiger partial charge in [0, 0.05) is 42.7 Å². The van der Waals surface area contributed by atoms with Gasteiger partial charge in [0.15, 0.2) is 0 Å². The van der Waals surface area contributed by atoms with Crippen LogP contribution in [-0.4, -0.2) is 89.0 Å². The molecule has 0 N–H and O–H groups in total. The first-order chi connectivity index (χ1) is 9.48. The molecular weight excluding hydrogens is 312 g/mol. The highest BCUT2D eigenvalue weighted by Crippen LogP contribution is 2.26. The van der Waals surface area contributed by atoms with Crippen molar-refractivity contribution in [2.45, 2.75) is 28.9 Å². The minimum Gasteiger partial charge on any atom is -0.360 e. The molecule has 0 aromatic heterocycles. The molecule has 0 spiro atoms. The molecule has 0 radical (unpaired) electrons. The summed E-state index contributed by atoms with van der Waals surface area (Å²) >= 11 is 0. The molecule has 0 bridgehead atoms. The molecule has 0 aliphatic heterocycles. The molecule has 122 valence electrons. The van der Waals surface area contributed by atoms with Crippen LogP contribution in [0.3, 0.4) is 0 Å². The van der Waals surface area contributed by atoms with Crippen LogP contribution in [0.1, 0.15) is 6.92 Å². The Morgan fingerprint density at radius 1 is 0.550 bits per heavy atom. The molecule has 0 saturated heterocycles. The van der Waals surface area contributed by atoms with E-state index < -0.39 is 28.6 Å². The second-order valence-corrected chi connectivity index (χ2v) is 16.5. The number of methoxy groups -OCH3 is 6. The number of rotatable bonds is 12. The van der Waals surface area contributed by atoms with Gasteiger partial charge in [0.05, 0.1) is 28.6 Å². The van der Waals surface area contributed by atoms with Crippen LogP contribution in [0.15, 0.2) is 0 Å². The molecule has 0 aromatic rings. The Balaban J connectivity index is 4.89. The fourth-order valence-corrected chi connectivity index (χ4v) is 11.9. The number of ether oxygens (including phenoxy) is 6. The summed E-state index contributed by atoms with van der Waals surface area (Å²) < 4.78 is 32.7. The maximum atomic E-state index is 5.41. The Hall–Kier alpha value is 0.411. The Morgan fingerprint density at radius 2 is 0.750 bits per heavy atom. The van der Waals surface area contributed by atoms with Gasteiger partial charge in [0.2, 0.25) is 0 Å². The fraction of sp³-hybridized carbons (Fsp3) is 1.00. The molecule has 0 aliphatic carbocycles. The summed E-state index contributed by atoms with van der Waals surface area (Å²) in [6.07, 6.45) is 0. The zero-order valence-electron chi connectivity index (χ0n) is 13.8. The lowest BCUT2D eigenvalue weighted by molar-refractivity contribution is -0.0509. The molecule has 0 aliphatic rings. The first-order valence-corrected chi connectivity index (χ1v) is 11.2. The smallest absolute Gasteiger partial charge is 0.134 e. The fourth-order valence-electron chi connectivity index (χ4n) is 2.25. The zero-order valence-corrected chi connectivity index (χ0v) is 18.0. The minimum atomic E-state index is -0.621. The third-order valence-electron chi connectivity index (χ3n) is 3.56. The molecule has 0 amide bonds. The summed E-state index contributed by atoms with van der Waals surface area (Å²) in [5.74, 6) is -0.240. The van der Waals surface area contributed by atoms with Gasteiger partial charge in [-0.05, 0) is 4.28 Å². The van der Waals surface area contributed by atoms with Crippen LogP contribution >= 0.6 is 0 Å². The molecule has 0 atom stereocenters. The van der Waals surface area contributed by atoms with Gasteiger partial charge >= 0.3 is 0 Å². The minimum absolute atomic E-state index is 0.0799. The van der Waals surface area contributed by atoms with Gasteiger partial charge in [-0.1, -0.05) is 6.92 Å². The van der Waals surface area contributed by atoms with E-state index in [0.29, 0.717) is 0 Å². The summed E-state index contributed by atoms with van der Waals surface area (Å²) in [4.78, 5) is 0. The van der Waals surface area contributed by atoms with Gasteiger partial charge in [0.25, 0.3) is 0 Å². The predicted octanol–water partition coefficient (Wildman–Crippen LogP) is -1.68. The van der Waals surface area contributed by atoms with Crippen LogP contribution in [0.25, 0.3) is 0 Å². The molecular formula is C11H30O6Si3. The zero-order chi connectivity index (χ0) is 15.6. The summed E-state index contributed by atoms with van der Waals surface area (Å²) in [7, 11) is 8.30. The molecule has 0 fully saturated rings. The second kappa shape index (κ2) is 11.0. The Kier molecular flexibility index (Phi) is 11.3. The van der Waals surface area contributed by atoms with Crippen molar-refractivity contribution in [2.75, 3.05) is 42.7 Å². The first-order valence-electron chi connectivity index (χ1n) is 6.65. The van der Waals surface area contributed by atoms with Gasteiger partial charge < -0.3 is 28.4 Å². The van der Waals surface area contributed by atoms with E-state index in [9.17, 15) is 0 Å². The van der Waals surface area contributed by atoms with Gasteiger partial charge in [-0.3, -0.25) is 0 Å². The van der Waals surface area contributed by atoms with Crippen LogP contribution in [0, 0.1) is 0 Å². The first kappa shape index (κ1) is 20.4. The summed E-state index contributed by atoms with van der Waals surface area (Å²) in [6.45, 7) is 2.30. The van der Waals surface area contributed by atoms with Crippen molar-refractivity contribution in [3.63, 3.8) is 0 Å². The summed E-state index contributed by atoms with van der Waals surface area (Å²) in [5.41, 5.74) is 0. The predicted molar refractivity (Wildman–Crippen MR) is 87.4 cm³/mol. The van der Waals surface area contributed by atoms with E-state index >= 15 is 0 Å². The molecule has 0 saturated carbocycles. The standard InChI is InChI=1S/C11H30O6Si3/c1-11(18-8(12-2)13-3,19-9(14-4)15-5)20-10(16-6)17-7/h8-10H,18-20H2,1-7H3. The van der Waals surface area contributed by atoms with Crippen molar-refractivity contribution in [1.29, 1.82) is 0 Å². The van der Waals surface area contributed by atoms with Crippen LogP contribution < -0.4 is 0 Å². The van der Waals surface area contributed by atoms with Crippen LogP contribution in [0.2, 0.25) is 4.28 Å². The highest BCUT2D eigenvalue weighted by atomic mass is 28.3. The normalized spacial score (nSPS) is 17.1. The highest BCUT2D eigenvalue weighted by Gasteiger charge is 2.36.